The van der Waals surface area contributed by atoms with Gasteiger partial charge in [-0.25, -0.2) is 9.59 Å². The lowest BCUT2D eigenvalue weighted by atomic mass is 9.71. The summed E-state index contributed by atoms with van der Waals surface area (Å²) >= 11 is 0. The van der Waals surface area contributed by atoms with E-state index in [9.17, 15) is 24.3 Å². The number of carbonyl (C=O) groups is 4. The molecule has 1 fully saturated rings. The predicted molar refractivity (Wildman–Crippen MR) is 129 cm³/mol. The van der Waals surface area contributed by atoms with Gasteiger partial charge < -0.3 is 29.4 Å². The highest BCUT2D eigenvalue weighted by Gasteiger charge is 2.63. The Bertz CT molecular complexity index is 1270. The van der Waals surface area contributed by atoms with Crippen LogP contribution in [0.5, 0.6) is 11.5 Å². The number of carboxylic acid groups (broad SMARTS) is 1. The lowest BCUT2D eigenvalue weighted by Gasteiger charge is -2.45. The number of methoxy groups -OCH3 is 1. The number of aliphatic carboxylic acids is 1. The van der Waals surface area contributed by atoms with Crippen molar-refractivity contribution in [2.24, 2.45) is 5.41 Å². The number of hydrogen-bond donors (Lipinski definition) is 2. The average Bonchev–Trinajstić information content (AvgIpc) is 2.86. The van der Waals surface area contributed by atoms with E-state index < -0.39 is 58.8 Å². The van der Waals surface area contributed by atoms with Gasteiger partial charge in [0.05, 0.1) is 18.7 Å². The van der Waals surface area contributed by atoms with Gasteiger partial charge in [0.15, 0.2) is 5.41 Å². The molecule has 4 rings (SSSR count). The molecular weight excluding hydrogens is 482 g/mol. The summed E-state index contributed by atoms with van der Waals surface area (Å²) < 4.78 is 21.2. The fourth-order valence-corrected chi connectivity index (χ4v) is 4.12. The minimum absolute atomic E-state index is 0.139. The van der Waals surface area contributed by atoms with E-state index in [4.69, 9.17) is 18.9 Å². The van der Waals surface area contributed by atoms with Crippen molar-refractivity contribution in [1.29, 1.82) is 0 Å². The van der Waals surface area contributed by atoms with E-state index >= 15 is 0 Å². The van der Waals surface area contributed by atoms with Crippen LogP contribution in [0.2, 0.25) is 0 Å². The van der Waals surface area contributed by atoms with Crippen LogP contribution in [0.25, 0.3) is 6.08 Å². The molecule has 2 aliphatic heterocycles. The van der Waals surface area contributed by atoms with Gasteiger partial charge >= 0.3 is 23.9 Å². The highest BCUT2D eigenvalue weighted by atomic mass is 16.7. The fraction of sp³-hybridized carbons (Fsp3) is 0.259. The molecule has 37 heavy (non-hydrogen) atoms. The number of cyclic esters (lactones) is 2. The van der Waals surface area contributed by atoms with Gasteiger partial charge in [0, 0.05) is 20.3 Å². The Morgan fingerprint density at radius 1 is 1.00 bits per heavy atom. The predicted octanol–water partition coefficient (Wildman–Crippen LogP) is 2.84. The topological polar surface area (TPSA) is 137 Å². The molecule has 1 spiro atoms. The number of hydrogen-bond acceptors (Lipinski definition) is 9. The maximum Gasteiger partial charge on any atom is 0.360 e. The standard InChI is InChI=1S/C27H25NO9/c1-26(2)36-24(32)27(25(33)37-26)15-19(22(29)30)21(23(31)35-18-12-10-17(34-3)11-13-18)28-20(27)14-9-16-7-5-4-6-8-16/h4-14,20,28H,15H2,1-3H3,(H,29,30)/b14-9+. The van der Waals surface area contributed by atoms with Gasteiger partial charge in [-0.3, -0.25) is 9.59 Å². The summed E-state index contributed by atoms with van der Waals surface area (Å²) in [4.78, 5) is 51.9. The first kappa shape index (κ1) is 25.5. The maximum atomic E-state index is 13.3. The largest absolute Gasteiger partial charge is 0.497 e. The summed E-state index contributed by atoms with van der Waals surface area (Å²) in [6.07, 6.45) is 2.48. The molecule has 1 atom stereocenters. The summed E-state index contributed by atoms with van der Waals surface area (Å²) in [6, 6.07) is 13.9. The first-order chi connectivity index (χ1) is 17.6. The van der Waals surface area contributed by atoms with Crippen LogP contribution in [0.4, 0.5) is 0 Å². The van der Waals surface area contributed by atoms with Gasteiger partial charge in [-0.1, -0.05) is 42.5 Å². The summed E-state index contributed by atoms with van der Waals surface area (Å²) in [5.74, 6) is -5.31. The monoisotopic (exact) mass is 507 g/mol. The third-order valence-electron chi connectivity index (χ3n) is 6.01. The molecule has 2 aromatic carbocycles. The van der Waals surface area contributed by atoms with Gasteiger partial charge in [0.2, 0.25) is 0 Å². The third-order valence-corrected chi connectivity index (χ3v) is 6.01. The number of benzene rings is 2. The number of rotatable bonds is 6. The first-order valence-corrected chi connectivity index (χ1v) is 11.3. The Morgan fingerprint density at radius 3 is 2.16 bits per heavy atom. The Kier molecular flexibility index (Phi) is 6.76. The van der Waals surface area contributed by atoms with E-state index in [-0.39, 0.29) is 5.75 Å². The van der Waals surface area contributed by atoms with E-state index in [1.54, 1.807) is 42.5 Å². The van der Waals surface area contributed by atoms with Crippen molar-refractivity contribution in [2.45, 2.75) is 32.1 Å². The van der Waals surface area contributed by atoms with Crippen LogP contribution in [0, 0.1) is 5.41 Å². The highest BCUT2D eigenvalue weighted by Crippen LogP contribution is 2.44. The van der Waals surface area contributed by atoms with Crippen molar-refractivity contribution in [3.63, 3.8) is 0 Å². The molecule has 0 aromatic heterocycles. The number of carboxylic acids is 1. The molecule has 1 unspecified atom stereocenters. The average molecular weight is 507 g/mol. The molecule has 10 heteroatoms. The summed E-state index contributed by atoms with van der Waals surface area (Å²) in [7, 11) is 1.48. The molecular formula is C27H25NO9. The molecule has 2 aromatic rings. The first-order valence-electron chi connectivity index (χ1n) is 11.3. The molecule has 0 saturated carbocycles. The van der Waals surface area contributed by atoms with Crippen molar-refractivity contribution < 1.29 is 43.2 Å². The van der Waals surface area contributed by atoms with Crippen LogP contribution in [-0.2, 0) is 28.7 Å². The lowest BCUT2D eigenvalue weighted by molar-refractivity contribution is -0.252. The van der Waals surface area contributed by atoms with Crippen LogP contribution < -0.4 is 14.8 Å². The second kappa shape index (κ2) is 9.81. The maximum absolute atomic E-state index is 13.3. The molecule has 0 amide bonds. The molecule has 2 N–H and O–H groups in total. The van der Waals surface area contributed by atoms with Crippen molar-refractivity contribution in [3.8, 4) is 11.5 Å². The van der Waals surface area contributed by atoms with Crippen LogP contribution >= 0.6 is 0 Å². The van der Waals surface area contributed by atoms with Gasteiger partial charge in [0.25, 0.3) is 5.79 Å². The molecule has 0 radical (unpaired) electrons. The summed E-state index contributed by atoms with van der Waals surface area (Å²) in [5.41, 5.74) is -2.26. The Morgan fingerprint density at radius 2 is 1.59 bits per heavy atom. The van der Waals surface area contributed by atoms with E-state index in [2.05, 4.69) is 5.32 Å². The van der Waals surface area contributed by atoms with Gasteiger partial charge in [-0.05, 0) is 29.8 Å². The number of carbonyl (C=O) groups excluding carboxylic acids is 3. The SMILES string of the molecule is COc1ccc(OC(=O)C2=C(C(=O)O)CC3(C(=O)OC(C)(C)OC3=O)C(/C=C/c3ccccc3)N2)cc1. The molecule has 2 aliphatic rings. The summed E-state index contributed by atoms with van der Waals surface area (Å²) in [5, 5.41) is 12.7. The van der Waals surface area contributed by atoms with Crippen molar-refractivity contribution >= 4 is 30.0 Å². The number of nitrogens with one attached hydrogen (secondary N) is 1. The molecule has 0 bridgehead atoms. The van der Waals surface area contributed by atoms with Crippen LogP contribution in [0.1, 0.15) is 25.8 Å². The minimum atomic E-state index is -2.08. The Labute approximate surface area is 212 Å². The molecule has 192 valence electrons. The van der Waals surface area contributed by atoms with E-state index in [1.807, 2.05) is 6.07 Å². The van der Waals surface area contributed by atoms with Gasteiger partial charge in [-0.2, -0.15) is 0 Å². The quantitative estimate of drug-likeness (QED) is 0.341. The Hall–Kier alpha value is -4.60. The van der Waals surface area contributed by atoms with Crippen molar-refractivity contribution in [1.82, 2.24) is 5.32 Å². The van der Waals surface area contributed by atoms with Crippen LogP contribution in [0.15, 0.2) is 71.9 Å². The smallest absolute Gasteiger partial charge is 0.360 e. The second-order valence-corrected chi connectivity index (χ2v) is 8.94. The third kappa shape index (κ3) is 5.04. The van der Waals surface area contributed by atoms with E-state index in [0.29, 0.717) is 5.75 Å². The van der Waals surface area contributed by atoms with Gasteiger partial charge in [-0.15, -0.1) is 0 Å². The fourth-order valence-electron chi connectivity index (χ4n) is 4.12. The van der Waals surface area contributed by atoms with Crippen molar-refractivity contribution in [3.05, 3.63) is 77.5 Å². The highest BCUT2D eigenvalue weighted by molar-refractivity contribution is 6.08. The second-order valence-electron chi connectivity index (χ2n) is 8.94. The van der Waals surface area contributed by atoms with E-state index in [1.165, 1.54) is 39.2 Å². The van der Waals surface area contributed by atoms with Crippen LogP contribution in [0.3, 0.4) is 0 Å². The Balaban J connectivity index is 1.76. The summed E-state index contributed by atoms with van der Waals surface area (Å²) in [6.45, 7) is 2.79. The number of esters is 3. The van der Waals surface area contributed by atoms with E-state index in [0.717, 1.165) is 5.56 Å². The normalized spacial score (nSPS) is 20.1. The zero-order valence-electron chi connectivity index (χ0n) is 20.3. The molecule has 10 nitrogen and oxygen atoms in total. The molecule has 2 heterocycles. The zero-order chi connectivity index (χ0) is 26.8. The van der Waals surface area contributed by atoms with Crippen molar-refractivity contribution in [2.75, 3.05) is 7.11 Å². The van der Waals surface area contributed by atoms with Crippen LogP contribution in [-0.4, -0.2) is 47.9 Å². The molecule has 0 aliphatic carbocycles. The zero-order valence-corrected chi connectivity index (χ0v) is 20.3. The minimum Gasteiger partial charge on any atom is -0.497 e. The molecule has 1 saturated heterocycles. The van der Waals surface area contributed by atoms with Gasteiger partial charge in [0.1, 0.15) is 17.2 Å². The lowest BCUT2D eigenvalue weighted by Crippen LogP contribution is -2.64. The number of ether oxygens (including phenoxy) is 4.